The predicted octanol–water partition coefficient (Wildman–Crippen LogP) is 4.19. The van der Waals surface area contributed by atoms with Crippen LogP contribution < -0.4 is 10.1 Å². The third-order valence-corrected chi connectivity index (χ3v) is 4.22. The van der Waals surface area contributed by atoms with Crippen LogP contribution in [0.3, 0.4) is 0 Å². The van der Waals surface area contributed by atoms with Gasteiger partial charge in [-0.3, -0.25) is 4.68 Å². The van der Waals surface area contributed by atoms with Gasteiger partial charge >= 0.3 is 12.1 Å². The van der Waals surface area contributed by atoms with Crippen molar-refractivity contribution in [3.8, 4) is 23.1 Å². The quantitative estimate of drug-likeness (QED) is 0.702. The summed E-state index contributed by atoms with van der Waals surface area (Å²) < 4.78 is 44.8. The summed E-state index contributed by atoms with van der Waals surface area (Å²) in [4.78, 5) is 11.3. The van der Waals surface area contributed by atoms with Crippen LogP contribution in [0.4, 0.5) is 18.9 Å². The van der Waals surface area contributed by atoms with Crippen LogP contribution in [0, 0.1) is 11.3 Å². The van der Waals surface area contributed by atoms with Crippen LogP contribution in [-0.2, 0) is 6.54 Å². The number of carboxylic acids is 1. The molecule has 2 aromatic rings. The van der Waals surface area contributed by atoms with Gasteiger partial charge in [0.05, 0.1) is 31.8 Å². The minimum absolute atomic E-state index is 0.0507. The highest BCUT2D eigenvalue weighted by molar-refractivity contribution is 6.35. The molecule has 0 radical (unpaired) electrons. The average molecular weight is 417 g/mol. The van der Waals surface area contributed by atoms with E-state index in [-0.39, 0.29) is 35.1 Å². The van der Waals surface area contributed by atoms with E-state index < -0.39 is 23.9 Å². The number of aryl methyl sites for hydroxylation is 1. The van der Waals surface area contributed by atoms with Crippen molar-refractivity contribution in [1.82, 2.24) is 9.78 Å². The number of carbonyl (C=O) groups is 1. The number of anilines is 1. The molecular formula is C17H16ClF3N4O3. The molecule has 11 heteroatoms. The minimum Gasteiger partial charge on any atom is -0.496 e. The smallest absolute Gasteiger partial charge is 0.408 e. The molecule has 0 spiro atoms. The number of benzene rings is 1. The van der Waals surface area contributed by atoms with E-state index in [1.807, 2.05) is 6.07 Å². The number of ether oxygens (including phenoxy) is 1. The molecule has 0 amide bonds. The zero-order valence-corrected chi connectivity index (χ0v) is 15.6. The topological polar surface area (TPSA) is 100 Å². The highest BCUT2D eigenvalue weighted by atomic mass is 35.5. The van der Waals surface area contributed by atoms with Crippen molar-refractivity contribution in [3.05, 3.63) is 28.9 Å². The molecule has 7 nitrogen and oxygen atoms in total. The lowest BCUT2D eigenvalue weighted by Crippen LogP contribution is -2.33. The van der Waals surface area contributed by atoms with Gasteiger partial charge in [0.15, 0.2) is 5.69 Å². The molecule has 0 saturated carbocycles. The lowest BCUT2D eigenvalue weighted by Gasteiger charge is -2.19. The van der Waals surface area contributed by atoms with Crippen LogP contribution in [0.1, 0.15) is 23.8 Å². The molecule has 0 aliphatic heterocycles. The zero-order chi connectivity index (χ0) is 21.1. The maximum atomic E-state index is 12.8. The number of aromatic carboxylic acids is 1. The Morgan fingerprint density at radius 2 is 2.18 bits per heavy atom. The summed E-state index contributed by atoms with van der Waals surface area (Å²) in [6.07, 6.45) is -4.38. The molecule has 28 heavy (non-hydrogen) atoms. The van der Waals surface area contributed by atoms with Crippen LogP contribution in [0.15, 0.2) is 18.2 Å². The molecule has 0 saturated heterocycles. The van der Waals surface area contributed by atoms with Crippen molar-refractivity contribution in [2.75, 3.05) is 12.4 Å². The van der Waals surface area contributed by atoms with Gasteiger partial charge < -0.3 is 15.2 Å². The summed E-state index contributed by atoms with van der Waals surface area (Å²) in [5.41, 5.74) is 0.282. The number of aromatic nitrogens is 2. The Labute approximate surface area is 163 Å². The SMILES string of the molecule is COc1cc(N[C@H](C)C(F)(F)F)ccc1-c1c(Cl)c(C(=O)O)nn1CCC#N. The highest BCUT2D eigenvalue weighted by Crippen LogP contribution is 2.38. The molecule has 2 rings (SSSR count). The Bertz CT molecular complexity index is 922. The van der Waals surface area contributed by atoms with Crippen LogP contribution >= 0.6 is 11.6 Å². The van der Waals surface area contributed by atoms with E-state index in [9.17, 15) is 23.1 Å². The summed E-state index contributed by atoms with van der Waals surface area (Å²) in [5, 5.41) is 24.1. The van der Waals surface area contributed by atoms with Crippen LogP contribution in [0.25, 0.3) is 11.3 Å². The Morgan fingerprint density at radius 3 is 2.71 bits per heavy atom. The second-order valence-corrected chi connectivity index (χ2v) is 6.15. The van der Waals surface area contributed by atoms with E-state index in [0.29, 0.717) is 5.56 Å². The second kappa shape index (κ2) is 8.39. The normalized spacial score (nSPS) is 12.3. The van der Waals surface area contributed by atoms with E-state index in [4.69, 9.17) is 21.6 Å². The lowest BCUT2D eigenvalue weighted by molar-refractivity contribution is -0.138. The Balaban J connectivity index is 2.53. The fourth-order valence-electron chi connectivity index (χ4n) is 2.46. The van der Waals surface area contributed by atoms with E-state index in [2.05, 4.69) is 10.4 Å². The van der Waals surface area contributed by atoms with E-state index in [0.717, 1.165) is 6.92 Å². The number of hydrogen-bond donors (Lipinski definition) is 2. The van der Waals surface area contributed by atoms with Crippen LogP contribution in [-0.4, -0.2) is 40.2 Å². The minimum atomic E-state index is -4.43. The monoisotopic (exact) mass is 416 g/mol. The maximum absolute atomic E-state index is 12.8. The van der Waals surface area contributed by atoms with E-state index in [1.54, 1.807) is 0 Å². The van der Waals surface area contributed by atoms with Crippen molar-refractivity contribution < 1.29 is 27.8 Å². The number of rotatable bonds is 7. The largest absolute Gasteiger partial charge is 0.496 e. The van der Waals surface area contributed by atoms with Crippen molar-refractivity contribution in [1.29, 1.82) is 5.26 Å². The summed E-state index contributed by atoms with van der Waals surface area (Å²) in [7, 11) is 1.32. The fourth-order valence-corrected chi connectivity index (χ4v) is 2.78. The summed E-state index contributed by atoms with van der Waals surface area (Å²) in [6.45, 7) is 1.06. The molecule has 0 aliphatic carbocycles. The van der Waals surface area contributed by atoms with E-state index >= 15 is 0 Å². The molecule has 0 aliphatic rings. The number of nitriles is 1. The third kappa shape index (κ3) is 4.48. The molecular weight excluding hydrogens is 401 g/mol. The number of alkyl halides is 3. The van der Waals surface area contributed by atoms with Gasteiger partial charge in [0, 0.05) is 17.3 Å². The molecule has 1 heterocycles. The van der Waals surface area contributed by atoms with Gasteiger partial charge in [0.25, 0.3) is 0 Å². The van der Waals surface area contributed by atoms with Crippen LogP contribution in [0.2, 0.25) is 5.02 Å². The molecule has 0 unspecified atom stereocenters. The molecule has 1 aromatic carbocycles. The number of nitrogens with zero attached hydrogens (tertiary/aromatic N) is 3. The number of methoxy groups -OCH3 is 1. The van der Waals surface area contributed by atoms with Gasteiger partial charge in [0.1, 0.15) is 16.8 Å². The van der Waals surface area contributed by atoms with Crippen LogP contribution in [0.5, 0.6) is 5.75 Å². The fraction of sp³-hybridized carbons (Fsp3) is 0.353. The molecule has 2 N–H and O–H groups in total. The predicted molar refractivity (Wildman–Crippen MR) is 95.6 cm³/mol. The van der Waals surface area contributed by atoms with E-state index in [1.165, 1.54) is 30.0 Å². The van der Waals surface area contributed by atoms with Gasteiger partial charge in [-0.25, -0.2) is 4.79 Å². The second-order valence-electron chi connectivity index (χ2n) is 5.77. The first-order valence-corrected chi connectivity index (χ1v) is 8.36. The van der Waals surface area contributed by atoms with Gasteiger partial charge in [-0.1, -0.05) is 11.6 Å². The van der Waals surface area contributed by atoms with Crippen molar-refractivity contribution in [3.63, 3.8) is 0 Å². The molecule has 1 atom stereocenters. The summed E-state index contributed by atoms with van der Waals surface area (Å²) in [6, 6.07) is 4.32. The van der Waals surface area contributed by atoms with Crippen molar-refractivity contribution in [2.45, 2.75) is 32.1 Å². The zero-order valence-electron chi connectivity index (χ0n) is 14.8. The molecule has 0 fully saturated rings. The number of hydrogen-bond acceptors (Lipinski definition) is 5. The maximum Gasteiger partial charge on any atom is 0.408 e. The van der Waals surface area contributed by atoms with Crippen molar-refractivity contribution >= 4 is 23.3 Å². The van der Waals surface area contributed by atoms with Crippen molar-refractivity contribution in [2.24, 2.45) is 0 Å². The molecule has 0 bridgehead atoms. The first-order valence-electron chi connectivity index (χ1n) is 7.98. The average Bonchev–Trinajstić information content (AvgIpc) is 2.95. The molecule has 150 valence electrons. The van der Waals surface area contributed by atoms with Gasteiger partial charge in [0.2, 0.25) is 0 Å². The third-order valence-electron chi connectivity index (χ3n) is 3.86. The highest BCUT2D eigenvalue weighted by Gasteiger charge is 2.36. The lowest BCUT2D eigenvalue weighted by atomic mass is 10.1. The Hall–Kier alpha value is -2.93. The first kappa shape index (κ1) is 21.4. The van der Waals surface area contributed by atoms with Gasteiger partial charge in [-0.15, -0.1) is 0 Å². The standard InChI is InChI=1S/C17H16ClF3N4O3/c1-9(17(19,20)21)23-10-4-5-11(12(8-10)28-2)15-13(18)14(16(26)27)24-25(15)7-3-6-22/h4-5,8-9,23H,3,7H2,1-2H3,(H,26,27)/t9-/m1/s1. The summed E-state index contributed by atoms with van der Waals surface area (Å²) >= 11 is 6.18. The Kier molecular flexibility index (Phi) is 6.41. The van der Waals surface area contributed by atoms with Gasteiger partial charge in [-0.2, -0.15) is 23.5 Å². The number of halogens is 4. The molecule has 1 aromatic heterocycles. The van der Waals surface area contributed by atoms with Gasteiger partial charge in [-0.05, 0) is 19.1 Å². The number of carboxylic acid groups (broad SMARTS) is 1. The summed E-state index contributed by atoms with van der Waals surface area (Å²) in [5.74, 6) is -1.19. The Morgan fingerprint density at radius 1 is 1.50 bits per heavy atom. The number of nitrogens with one attached hydrogen (secondary N) is 1. The first-order chi connectivity index (χ1) is 13.1.